The Bertz CT molecular complexity index is 376. The van der Waals surface area contributed by atoms with Crippen molar-refractivity contribution in [3.8, 4) is 0 Å². The van der Waals surface area contributed by atoms with Crippen molar-refractivity contribution in [2.45, 2.75) is 52.0 Å². The SMILES string of the molecule is CCCNC(CCN1CCCC(CC)C1)c1ccccc1. The van der Waals surface area contributed by atoms with Gasteiger partial charge in [-0.3, -0.25) is 0 Å². The third kappa shape index (κ3) is 5.44. The molecule has 0 saturated carbocycles. The van der Waals surface area contributed by atoms with Gasteiger partial charge in [0.2, 0.25) is 0 Å². The summed E-state index contributed by atoms with van der Waals surface area (Å²) in [7, 11) is 0. The quantitative estimate of drug-likeness (QED) is 0.769. The smallest absolute Gasteiger partial charge is 0.0332 e. The Hall–Kier alpha value is -0.860. The summed E-state index contributed by atoms with van der Waals surface area (Å²) in [6.45, 7) is 9.52. The maximum absolute atomic E-state index is 3.72. The highest BCUT2D eigenvalue weighted by molar-refractivity contribution is 5.18. The second kappa shape index (κ2) is 9.22. The van der Waals surface area contributed by atoms with E-state index in [-0.39, 0.29) is 0 Å². The summed E-state index contributed by atoms with van der Waals surface area (Å²) in [6, 6.07) is 11.5. The maximum Gasteiger partial charge on any atom is 0.0332 e. The predicted octanol–water partition coefficient (Wildman–Crippen LogP) is 4.24. The summed E-state index contributed by atoms with van der Waals surface area (Å²) in [4.78, 5) is 2.68. The molecule has 1 saturated heterocycles. The molecule has 0 radical (unpaired) electrons. The van der Waals surface area contributed by atoms with Gasteiger partial charge in [-0.05, 0) is 56.8 Å². The normalized spacial score (nSPS) is 21.3. The fourth-order valence-electron chi connectivity index (χ4n) is 3.39. The fraction of sp³-hybridized carbons (Fsp3) is 0.684. The van der Waals surface area contributed by atoms with Gasteiger partial charge in [-0.15, -0.1) is 0 Å². The van der Waals surface area contributed by atoms with Crippen LogP contribution in [-0.2, 0) is 0 Å². The zero-order valence-corrected chi connectivity index (χ0v) is 13.9. The number of likely N-dealkylation sites (tertiary alicyclic amines) is 1. The van der Waals surface area contributed by atoms with E-state index in [2.05, 4.69) is 54.4 Å². The van der Waals surface area contributed by atoms with E-state index in [0.717, 1.165) is 12.5 Å². The van der Waals surface area contributed by atoms with Crippen LogP contribution in [0.2, 0.25) is 0 Å². The molecule has 2 rings (SSSR count). The van der Waals surface area contributed by atoms with Crippen LogP contribution >= 0.6 is 0 Å². The minimum absolute atomic E-state index is 0.508. The summed E-state index contributed by atoms with van der Waals surface area (Å²) in [5.41, 5.74) is 1.44. The van der Waals surface area contributed by atoms with Gasteiger partial charge < -0.3 is 10.2 Å². The van der Waals surface area contributed by atoms with Crippen LogP contribution in [0.1, 0.15) is 57.6 Å². The number of hydrogen-bond donors (Lipinski definition) is 1. The van der Waals surface area contributed by atoms with Crippen molar-refractivity contribution in [1.82, 2.24) is 10.2 Å². The van der Waals surface area contributed by atoms with Crippen LogP contribution in [-0.4, -0.2) is 31.1 Å². The van der Waals surface area contributed by atoms with Gasteiger partial charge in [-0.2, -0.15) is 0 Å². The van der Waals surface area contributed by atoms with Crippen molar-refractivity contribution < 1.29 is 0 Å². The van der Waals surface area contributed by atoms with Crippen LogP contribution in [0.25, 0.3) is 0 Å². The van der Waals surface area contributed by atoms with Crippen LogP contribution in [0.3, 0.4) is 0 Å². The van der Waals surface area contributed by atoms with Crippen molar-refractivity contribution in [2.24, 2.45) is 5.92 Å². The summed E-state index contributed by atoms with van der Waals surface area (Å²) in [6.07, 6.45) is 6.58. The molecule has 1 aromatic rings. The molecule has 0 aliphatic carbocycles. The maximum atomic E-state index is 3.72. The number of nitrogens with one attached hydrogen (secondary N) is 1. The van der Waals surface area contributed by atoms with E-state index < -0.39 is 0 Å². The molecule has 1 fully saturated rings. The highest BCUT2D eigenvalue weighted by Crippen LogP contribution is 2.22. The molecular weight excluding hydrogens is 256 g/mol. The van der Waals surface area contributed by atoms with Crippen LogP contribution < -0.4 is 5.32 Å². The number of rotatable bonds is 8. The zero-order chi connectivity index (χ0) is 14.9. The third-order valence-corrected chi connectivity index (χ3v) is 4.76. The molecule has 0 aromatic heterocycles. The van der Waals surface area contributed by atoms with Crippen LogP contribution in [0.5, 0.6) is 0 Å². The molecular formula is C19H32N2. The van der Waals surface area contributed by atoms with Gasteiger partial charge in [0.05, 0.1) is 0 Å². The van der Waals surface area contributed by atoms with Crippen molar-refractivity contribution in [3.05, 3.63) is 35.9 Å². The van der Waals surface area contributed by atoms with Gasteiger partial charge in [0.15, 0.2) is 0 Å². The summed E-state index contributed by atoms with van der Waals surface area (Å²) >= 11 is 0. The van der Waals surface area contributed by atoms with Crippen LogP contribution in [0.4, 0.5) is 0 Å². The summed E-state index contributed by atoms with van der Waals surface area (Å²) in [5.74, 6) is 0.928. The van der Waals surface area contributed by atoms with Crippen molar-refractivity contribution >= 4 is 0 Å². The topological polar surface area (TPSA) is 15.3 Å². The Morgan fingerprint density at radius 2 is 2.05 bits per heavy atom. The van der Waals surface area contributed by atoms with Crippen molar-refractivity contribution in [1.29, 1.82) is 0 Å². The molecule has 2 nitrogen and oxygen atoms in total. The first-order valence-electron chi connectivity index (χ1n) is 8.84. The fourth-order valence-corrected chi connectivity index (χ4v) is 3.39. The Morgan fingerprint density at radius 3 is 2.76 bits per heavy atom. The van der Waals surface area contributed by atoms with E-state index in [1.807, 2.05) is 0 Å². The number of benzene rings is 1. The minimum Gasteiger partial charge on any atom is -0.310 e. The molecule has 0 bridgehead atoms. The van der Waals surface area contributed by atoms with Crippen LogP contribution in [0.15, 0.2) is 30.3 Å². The lowest BCUT2D eigenvalue weighted by Gasteiger charge is -2.33. The zero-order valence-electron chi connectivity index (χ0n) is 13.9. The van der Waals surface area contributed by atoms with E-state index in [0.29, 0.717) is 6.04 Å². The van der Waals surface area contributed by atoms with Crippen molar-refractivity contribution in [2.75, 3.05) is 26.2 Å². The Kier molecular flexibility index (Phi) is 7.25. The lowest BCUT2D eigenvalue weighted by atomic mass is 9.95. The standard InChI is InChI=1S/C19H32N2/c1-3-13-20-19(18-10-6-5-7-11-18)12-15-21-14-8-9-17(4-2)16-21/h5-7,10-11,17,19-20H,3-4,8-9,12-16H2,1-2H3. The number of hydrogen-bond acceptors (Lipinski definition) is 2. The Balaban J connectivity index is 1.86. The molecule has 1 heterocycles. The van der Waals surface area contributed by atoms with Gasteiger partial charge >= 0.3 is 0 Å². The second-order valence-electron chi connectivity index (χ2n) is 6.42. The largest absolute Gasteiger partial charge is 0.310 e. The lowest BCUT2D eigenvalue weighted by molar-refractivity contribution is 0.164. The molecule has 118 valence electrons. The van der Waals surface area contributed by atoms with E-state index in [9.17, 15) is 0 Å². The molecule has 1 aromatic carbocycles. The van der Waals surface area contributed by atoms with Gasteiger partial charge in [0.1, 0.15) is 0 Å². The average Bonchev–Trinajstić information content (AvgIpc) is 2.56. The van der Waals surface area contributed by atoms with Gasteiger partial charge in [0.25, 0.3) is 0 Å². The van der Waals surface area contributed by atoms with Crippen LogP contribution in [0, 0.1) is 5.92 Å². The van der Waals surface area contributed by atoms with Gasteiger partial charge in [-0.1, -0.05) is 50.6 Å². The molecule has 21 heavy (non-hydrogen) atoms. The monoisotopic (exact) mass is 288 g/mol. The first-order chi connectivity index (χ1) is 10.3. The number of nitrogens with zero attached hydrogens (tertiary/aromatic N) is 1. The molecule has 0 spiro atoms. The highest BCUT2D eigenvalue weighted by Gasteiger charge is 2.19. The first kappa shape index (κ1) is 16.5. The number of piperidine rings is 1. The molecule has 2 atom stereocenters. The molecule has 0 amide bonds. The Labute approximate surface area is 130 Å². The summed E-state index contributed by atoms with van der Waals surface area (Å²) < 4.78 is 0. The summed E-state index contributed by atoms with van der Waals surface area (Å²) in [5, 5.41) is 3.72. The Morgan fingerprint density at radius 1 is 1.24 bits per heavy atom. The molecule has 1 aliphatic rings. The molecule has 2 heteroatoms. The van der Waals surface area contributed by atoms with Crippen molar-refractivity contribution in [3.63, 3.8) is 0 Å². The predicted molar refractivity (Wildman–Crippen MR) is 91.5 cm³/mol. The van der Waals surface area contributed by atoms with E-state index in [1.54, 1.807) is 0 Å². The van der Waals surface area contributed by atoms with Gasteiger partial charge in [-0.25, -0.2) is 0 Å². The second-order valence-corrected chi connectivity index (χ2v) is 6.42. The molecule has 2 unspecified atom stereocenters. The highest BCUT2D eigenvalue weighted by atomic mass is 15.1. The van der Waals surface area contributed by atoms with E-state index in [1.165, 1.54) is 57.3 Å². The van der Waals surface area contributed by atoms with Gasteiger partial charge in [0, 0.05) is 12.6 Å². The third-order valence-electron chi connectivity index (χ3n) is 4.76. The minimum atomic E-state index is 0.508. The average molecular weight is 288 g/mol. The lowest BCUT2D eigenvalue weighted by Crippen LogP contribution is -2.37. The van der Waals surface area contributed by atoms with E-state index >= 15 is 0 Å². The first-order valence-corrected chi connectivity index (χ1v) is 8.84. The van der Waals surface area contributed by atoms with E-state index in [4.69, 9.17) is 0 Å². The molecule has 1 aliphatic heterocycles. The molecule has 1 N–H and O–H groups in total.